The Kier molecular flexibility index (Phi) is 5.82. The molecule has 1 aliphatic heterocycles. The molecule has 1 saturated heterocycles. The number of amides is 1. The number of piperidine rings is 1. The van der Waals surface area contributed by atoms with Gasteiger partial charge in [-0.15, -0.1) is 0 Å². The van der Waals surface area contributed by atoms with Crippen LogP contribution in [-0.2, 0) is 21.2 Å². The van der Waals surface area contributed by atoms with E-state index < -0.39 is 26.3 Å². The normalized spacial score (nSPS) is 17.3. The van der Waals surface area contributed by atoms with Crippen molar-refractivity contribution in [3.05, 3.63) is 29.6 Å². The van der Waals surface area contributed by atoms with E-state index in [1.807, 2.05) is 0 Å². The van der Waals surface area contributed by atoms with Crippen molar-refractivity contribution in [1.29, 1.82) is 0 Å². The first kappa shape index (κ1) is 18.7. The molecule has 0 saturated carbocycles. The summed E-state index contributed by atoms with van der Waals surface area (Å²) >= 11 is 0. The molecule has 6 nitrogen and oxygen atoms in total. The zero-order valence-electron chi connectivity index (χ0n) is 13.9. The number of halogens is 1. The summed E-state index contributed by atoms with van der Waals surface area (Å²) in [5.74, 6) is -0.886. The third-order valence-corrected chi connectivity index (χ3v) is 6.30. The number of benzene rings is 1. The highest BCUT2D eigenvalue weighted by atomic mass is 32.2. The average molecular weight is 358 g/mol. The molecule has 24 heavy (non-hydrogen) atoms. The summed E-state index contributed by atoms with van der Waals surface area (Å²) in [7, 11) is -3.56. The Bertz CT molecular complexity index is 700. The van der Waals surface area contributed by atoms with Gasteiger partial charge < -0.3 is 15.4 Å². The largest absolute Gasteiger partial charge is 0.491 e. The quantitative estimate of drug-likeness (QED) is 0.793. The van der Waals surface area contributed by atoms with E-state index in [2.05, 4.69) is 10.6 Å². The number of hydrogen-bond donors (Lipinski definition) is 2. The number of rotatable bonds is 6. The molecule has 0 bridgehead atoms. The van der Waals surface area contributed by atoms with Gasteiger partial charge in [0.05, 0.1) is 6.61 Å². The van der Waals surface area contributed by atoms with Gasteiger partial charge in [-0.3, -0.25) is 4.79 Å². The predicted molar refractivity (Wildman–Crippen MR) is 89.1 cm³/mol. The van der Waals surface area contributed by atoms with Gasteiger partial charge in [-0.05, 0) is 50.6 Å². The molecule has 0 aliphatic carbocycles. The van der Waals surface area contributed by atoms with E-state index in [1.54, 1.807) is 13.0 Å². The third-order valence-electron chi connectivity index (χ3n) is 4.28. The fourth-order valence-corrected chi connectivity index (χ4v) is 4.22. The topological polar surface area (TPSA) is 84.5 Å². The zero-order chi connectivity index (χ0) is 17.8. The average Bonchev–Trinajstić information content (AvgIpc) is 2.54. The van der Waals surface area contributed by atoms with E-state index in [9.17, 15) is 17.6 Å². The van der Waals surface area contributed by atoms with E-state index >= 15 is 0 Å². The third kappa shape index (κ3) is 3.87. The summed E-state index contributed by atoms with van der Waals surface area (Å²) in [4.78, 5) is 12.6. The number of sulfone groups is 1. The van der Waals surface area contributed by atoms with Crippen LogP contribution in [0.15, 0.2) is 18.2 Å². The molecule has 0 atom stereocenters. The molecule has 1 fully saturated rings. The highest BCUT2D eigenvalue weighted by molar-refractivity contribution is 7.92. The SMILES string of the molecule is CCOc1ccc(CNC(=O)C2(S(C)(=O)=O)CCNCC2)cc1F. The summed E-state index contributed by atoms with van der Waals surface area (Å²) in [5.41, 5.74) is 0.543. The Morgan fingerprint density at radius 2 is 2.04 bits per heavy atom. The van der Waals surface area contributed by atoms with Gasteiger partial charge in [-0.2, -0.15) is 0 Å². The number of hydrogen-bond acceptors (Lipinski definition) is 5. The van der Waals surface area contributed by atoms with E-state index in [-0.39, 0.29) is 25.1 Å². The van der Waals surface area contributed by atoms with Gasteiger partial charge in [0.2, 0.25) is 5.91 Å². The molecule has 8 heteroatoms. The monoisotopic (exact) mass is 358 g/mol. The van der Waals surface area contributed by atoms with Crippen molar-refractivity contribution >= 4 is 15.7 Å². The lowest BCUT2D eigenvalue weighted by molar-refractivity contribution is -0.124. The van der Waals surface area contributed by atoms with Crippen molar-refractivity contribution in [3.8, 4) is 5.75 Å². The Morgan fingerprint density at radius 1 is 1.38 bits per heavy atom. The van der Waals surface area contributed by atoms with Crippen LogP contribution in [0.2, 0.25) is 0 Å². The van der Waals surface area contributed by atoms with E-state index in [0.717, 1.165) is 6.26 Å². The second-order valence-corrected chi connectivity index (χ2v) is 8.22. The highest BCUT2D eigenvalue weighted by Crippen LogP contribution is 2.28. The highest BCUT2D eigenvalue weighted by Gasteiger charge is 2.48. The van der Waals surface area contributed by atoms with Crippen molar-refractivity contribution in [3.63, 3.8) is 0 Å². The van der Waals surface area contributed by atoms with E-state index in [0.29, 0.717) is 25.3 Å². The molecule has 1 aromatic rings. The first-order chi connectivity index (χ1) is 11.3. The maximum atomic E-state index is 13.8. The van der Waals surface area contributed by atoms with Crippen molar-refractivity contribution in [2.45, 2.75) is 31.1 Å². The van der Waals surface area contributed by atoms with Crippen molar-refractivity contribution in [1.82, 2.24) is 10.6 Å². The molecule has 2 rings (SSSR count). The van der Waals surface area contributed by atoms with Crippen LogP contribution in [0, 0.1) is 5.82 Å². The Hall–Kier alpha value is -1.67. The first-order valence-electron chi connectivity index (χ1n) is 7.90. The Balaban J connectivity index is 2.10. The Morgan fingerprint density at radius 3 is 2.58 bits per heavy atom. The van der Waals surface area contributed by atoms with Crippen LogP contribution in [0.25, 0.3) is 0 Å². The van der Waals surface area contributed by atoms with E-state index in [4.69, 9.17) is 4.74 Å². The molecule has 1 heterocycles. The number of carbonyl (C=O) groups is 1. The maximum absolute atomic E-state index is 13.8. The molecule has 1 amide bonds. The molecular weight excluding hydrogens is 335 g/mol. The van der Waals surface area contributed by atoms with Crippen molar-refractivity contribution in [2.75, 3.05) is 26.0 Å². The molecule has 0 radical (unpaired) electrons. The van der Waals surface area contributed by atoms with Crippen LogP contribution in [0.1, 0.15) is 25.3 Å². The molecule has 1 aliphatic rings. The zero-order valence-corrected chi connectivity index (χ0v) is 14.7. The molecule has 1 aromatic carbocycles. The van der Waals surface area contributed by atoms with E-state index in [1.165, 1.54) is 12.1 Å². The van der Waals surface area contributed by atoms with Gasteiger partial charge in [-0.1, -0.05) is 6.07 Å². The van der Waals surface area contributed by atoms with Crippen LogP contribution < -0.4 is 15.4 Å². The summed E-state index contributed by atoms with van der Waals surface area (Å²) in [5, 5.41) is 5.70. The van der Waals surface area contributed by atoms with Gasteiger partial charge in [0.15, 0.2) is 26.2 Å². The van der Waals surface area contributed by atoms with Crippen LogP contribution >= 0.6 is 0 Å². The van der Waals surface area contributed by atoms with Crippen LogP contribution in [0.5, 0.6) is 5.75 Å². The van der Waals surface area contributed by atoms with Crippen LogP contribution in [-0.4, -0.2) is 45.0 Å². The van der Waals surface area contributed by atoms with Gasteiger partial charge in [0.1, 0.15) is 0 Å². The van der Waals surface area contributed by atoms with Gasteiger partial charge >= 0.3 is 0 Å². The minimum atomic E-state index is -3.56. The number of ether oxygens (including phenoxy) is 1. The lowest BCUT2D eigenvalue weighted by Gasteiger charge is -2.34. The summed E-state index contributed by atoms with van der Waals surface area (Å²) in [6.45, 7) is 3.12. The smallest absolute Gasteiger partial charge is 0.241 e. The second kappa shape index (κ2) is 7.48. The van der Waals surface area contributed by atoms with Crippen LogP contribution in [0.4, 0.5) is 4.39 Å². The lowest BCUT2D eigenvalue weighted by Crippen LogP contribution is -2.57. The van der Waals surface area contributed by atoms with Crippen molar-refractivity contribution in [2.24, 2.45) is 0 Å². The van der Waals surface area contributed by atoms with Gasteiger partial charge in [0, 0.05) is 12.8 Å². The fraction of sp³-hybridized carbons (Fsp3) is 0.562. The molecule has 134 valence electrons. The van der Waals surface area contributed by atoms with Gasteiger partial charge in [-0.25, -0.2) is 12.8 Å². The molecule has 2 N–H and O–H groups in total. The lowest BCUT2D eigenvalue weighted by atomic mass is 9.95. The fourth-order valence-electron chi connectivity index (χ4n) is 2.87. The summed E-state index contributed by atoms with van der Waals surface area (Å²) < 4.78 is 41.9. The molecular formula is C16H23FN2O4S. The minimum absolute atomic E-state index is 0.0624. The molecule has 0 unspecified atom stereocenters. The van der Waals surface area contributed by atoms with Crippen LogP contribution in [0.3, 0.4) is 0 Å². The molecule has 0 spiro atoms. The minimum Gasteiger partial charge on any atom is -0.491 e. The summed E-state index contributed by atoms with van der Waals surface area (Å²) in [6.07, 6.45) is 1.55. The maximum Gasteiger partial charge on any atom is 0.241 e. The number of carbonyl (C=O) groups excluding carboxylic acids is 1. The predicted octanol–water partition coefficient (Wildman–Crippen LogP) is 1.01. The second-order valence-electron chi connectivity index (χ2n) is 5.90. The molecule has 0 aromatic heterocycles. The standard InChI is InChI=1S/C16H23FN2O4S/c1-3-23-14-5-4-12(10-13(14)17)11-19-15(20)16(24(2,21)22)6-8-18-9-7-16/h4-5,10,18H,3,6-9,11H2,1-2H3,(H,19,20). The first-order valence-corrected chi connectivity index (χ1v) is 9.79. The number of nitrogens with one attached hydrogen (secondary N) is 2. The van der Waals surface area contributed by atoms with Gasteiger partial charge in [0.25, 0.3) is 0 Å². The summed E-state index contributed by atoms with van der Waals surface area (Å²) in [6, 6.07) is 4.42. The Labute approximate surface area is 141 Å². The van der Waals surface area contributed by atoms with Crippen molar-refractivity contribution < 1.29 is 22.3 Å².